The van der Waals surface area contributed by atoms with Crippen molar-refractivity contribution in [1.29, 1.82) is 0 Å². The second-order valence-electron chi connectivity index (χ2n) is 6.40. The van der Waals surface area contributed by atoms with Crippen molar-refractivity contribution < 1.29 is 21.6 Å². The Morgan fingerprint density at radius 3 is 2.25 bits per heavy atom. The summed E-state index contributed by atoms with van der Waals surface area (Å²) in [4.78, 5) is -0.252. The predicted molar refractivity (Wildman–Crippen MR) is 88.3 cm³/mol. The van der Waals surface area contributed by atoms with Crippen LogP contribution in [0.25, 0.3) is 0 Å². The lowest BCUT2D eigenvalue weighted by Gasteiger charge is -2.31. The Morgan fingerprint density at radius 1 is 1.04 bits per heavy atom. The van der Waals surface area contributed by atoms with E-state index in [9.17, 15) is 16.8 Å². The number of piperidine rings is 1. The van der Waals surface area contributed by atoms with Crippen molar-refractivity contribution in [3.63, 3.8) is 0 Å². The van der Waals surface area contributed by atoms with Crippen LogP contribution in [0.3, 0.4) is 0 Å². The van der Waals surface area contributed by atoms with Gasteiger partial charge in [0, 0.05) is 19.7 Å². The highest BCUT2D eigenvalue weighted by molar-refractivity contribution is 7.90. The zero-order chi connectivity index (χ0) is 17.4. The largest absolute Gasteiger partial charge is 0.378 e. The van der Waals surface area contributed by atoms with Gasteiger partial charge in [0.2, 0.25) is 20.0 Å². The molecule has 1 saturated carbocycles. The molecule has 0 bridgehead atoms. The van der Waals surface area contributed by atoms with Crippen LogP contribution in [0.4, 0.5) is 0 Å². The van der Waals surface area contributed by atoms with Crippen LogP contribution in [-0.4, -0.2) is 46.9 Å². The van der Waals surface area contributed by atoms with Crippen LogP contribution in [0.2, 0.25) is 0 Å². The number of nitrogens with zero attached hydrogens (tertiary/aromatic N) is 1. The Hall–Kier alpha value is -1.00. The number of rotatable bonds is 6. The molecular formula is C15H22N2O5S2. The molecule has 3 rings (SSSR count). The van der Waals surface area contributed by atoms with Crippen molar-refractivity contribution >= 4 is 20.0 Å². The molecule has 1 aliphatic heterocycles. The molecule has 2 aliphatic rings. The van der Waals surface area contributed by atoms with Gasteiger partial charge in [-0.05, 0) is 49.8 Å². The summed E-state index contributed by atoms with van der Waals surface area (Å²) in [5.74, 6) is 0.688. The Labute approximate surface area is 142 Å². The van der Waals surface area contributed by atoms with Gasteiger partial charge in [-0.15, -0.1) is 0 Å². The number of nitrogens with two attached hydrogens (primary N) is 1. The maximum absolute atomic E-state index is 12.7. The van der Waals surface area contributed by atoms with E-state index in [4.69, 9.17) is 9.88 Å². The topological polar surface area (TPSA) is 107 Å². The van der Waals surface area contributed by atoms with Gasteiger partial charge in [-0.3, -0.25) is 0 Å². The summed E-state index contributed by atoms with van der Waals surface area (Å²) in [7, 11) is -7.67. The quantitative estimate of drug-likeness (QED) is 0.796. The Kier molecular flexibility index (Phi) is 4.99. The first-order chi connectivity index (χ1) is 11.3. The fourth-order valence-corrected chi connectivity index (χ4v) is 4.91. The minimum Gasteiger partial charge on any atom is -0.378 e. The molecule has 0 spiro atoms. The van der Waals surface area contributed by atoms with Crippen LogP contribution in [0.15, 0.2) is 34.1 Å². The van der Waals surface area contributed by atoms with Gasteiger partial charge in [0.05, 0.1) is 15.9 Å². The maximum atomic E-state index is 12.7. The molecule has 1 heterocycles. The maximum Gasteiger partial charge on any atom is 0.243 e. The molecule has 7 nitrogen and oxygen atoms in total. The van der Waals surface area contributed by atoms with Crippen molar-refractivity contribution in [3.8, 4) is 0 Å². The van der Waals surface area contributed by atoms with Crippen molar-refractivity contribution in [2.45, 2.75) is 41.6 Å². The third-order valence-electron chi connectivity index (χ3n) is 4.44. The number of hydrogen-bond donors (Lipinski definition) is 1. The molecule has 1 saturated heterocycles. The summed E-state index contributed by atoms with van der Waals surface area (Å²) in [6.07, 6.45) is 3.87. The van der Waals surface area contributed by atoms with Crippen molar-refractivity contribution in [3.05, 3.63) is 24.3 Å². The highest BCUT2D eigenvalue weighted by Gasteiger charge is 2.31. The molecule has 1 aromatic carbocycles. The standard InChI is InChI=1S/C15H22N2O5S2/c16-23(18,19)14-2-1-3-15(10-14)24(20,21)17-8-6-13(7-9-17)22-11-12-4-5-12/h1-3,10,12-13H,4-9,11H2,(H2,16,18,19). The zero-order valence-corrected chi connectivity index (χ0v) is 14.9. The van der Waals surface area contributed by atoms with Crippen LogP contribution in [0.5, 0.6) is 0 Å². The summed E-state index contributed by atoms with van der Waals surface area (Å²) in [6, 6.07) is 5.17. The lowest BCUT2D eigenvalue weighted by Crippen LogP contribution is -2.41. The van der Waals surface area contributed by atoms with E-state index in [2.05, 4.69) is 0 Å². The fraction of sp³-hybridized carbons (Fsp3) is 0.600. The molecular weight excluding hydrogens is 352 g/mol. The first-order valence-electron chi connectivity index (χ1n) is 8.01. The second-order valence-corrected chi connectivity index (χ2v) is 9.90. The van der Waals surface area contributed by atoms with Crippen LogP contribution in [0.1, 0.15) is 25.7 Å². The van der Waals surface area contributed by atoms with Gasteiger partial charge >= 0.3 is 0 Å². The van der Waals surface area contributed by atoms with Crippen molar-refractivity contribution in [1.82, 2.24) is 4.31 Å². The Balaban J connectivity index is 1.67. The number of hydrogen-bond acceptors (Lipinski definition) is 5. The molecule has 1 aromatic rings. The van der Waals surface area contributed by atoms with Crippen LogP contribution >= 0.6 is 0 Å². The summed E-state index contributed by atoms with van der Waals surface area (Å²) in [5, 5.41) is 5.08. The molecule has 0 atom stereocenters. The first kappa shape index (κ1) is 17.8. The number of primary sulfonamides is 1. The molecule has 2 fully saturated rings. The summed E-state index contributed by atoms with van der Waals surface area (Å²) in [5.41, 5.74) is 0. The van der Waals surface area contributed by atoms with E-state index in [0.717, 1.165) is 12.7 Å². The summed E-state index contributed by atoms with van der Waals surface area (Å²) in [6.45, 7) is 1.52. The average molecular weight is 374 g/mol. The Morgan fingerprint density at radius 2 is 1.67 bits per heavy atom. The van der Waals surface area contributed by atoms with Gasteiger partial charge in [0.15, 0.2) is 0 Å². The molecule has 24 heavy (non-hydrogen) atoms. The third-order valence-corrected chi connectivity index (χ3v) is 7.24. The van der Waals surface area contributed by atoms with Crippen LogP contribution in [0, 0.1) is 5.92 Å². The number of sulfonamides is 2. The van der Waals surface area contributed by atoms with E-state index >= 15 is 0 Å². The molecule has 134 valence electrons. The van der Waals surface area contributed by atoms with E-state index in [-0.39, 0.29) is 15.9 Å². The molecule has 2 N–H and O–H groups in total. The van der Waals surface area contributed by atoms with Gasteiger partial charge in [0.1, 0.15) is 0 Å². The molecule has 0 aromatic heterocycles. The lowest BCUT2D eigenvalue weighted by atomic mass is 10.1. The van der Waals surface area contributed by atoms with Gasteiger partial charge < -0.3 is 4.74 Å². The lowest BCUT2D eigenvalue weighted by molar-refractivity contribution is 0.0154. The van der Waals surface area contributed by atoms with E-state index in [0.29, 0.717) is 31.8 Å². The van der Waals surface area contributed by atoms with E-state index in [1.54, 1.807) is 0 Å². The summed E-state index contributed by atoms with van der Waals surface area (Å²) >= 11 is 0. The highest BCUT2D eigenvalue weighted by Crippen LogP contribution is 2.30. The average Bonchev–Trinajstić information content (AvgIpc) is 3.37. The first-order valence-corrected chi connectivity index (χ1v) is 11.0. The van der Waals surface area contributed by atoms with E-state index in [1.807, 2.05) is 0 Å². The molecule has 9 heteroatoms. The second kappa shape index (κ2) is 6.72. The van der Waals surface area contributed by atoms with E-state index in [1.165, 1.54) is 35.3 Å². The van der Waals surface area contributed by atoms with Gasteiger partial charge in [-0.2, -0.15) is 4.31 Å². The number of benzene rings is 1. The van der Waals surface area contributed by atoms with Crippen molar-refractivity contribution in [2.75, 3.05) is 19.7 Å². The number of ether oxygens (including phenoxy) is 1. The smallest absolute Gasteiger partial charge is 0.243 e. The molecule has 0 amide bonds. The van der Waals surface area contributed by atoms with Crippen LogP contribution in [-0.2, 0) is 24.8 Å². The van der Waals surface area contributed by atoms with Crippen LogP contribution < -0.4 is 5.14 Å². The van der Waals surface area contributed by atoms with Crippen molar-refractivity contribution in [2.24, 2.45) is 11.1 Å². The third kappa shape index (κ3) is 4.15. The fourth-order valence-electron chi connectivity index (χ4n) is 2.76. The predicted octanol–water partition coefficient (Wildman–Crippen LogP) is 0.914. The molecule has 0 radical (unpaired) electrons. The van der Waals surface area contributed by atoms with Gasteiger partial charge in [-0.25, -0.2) is 22.0 Å². The normalized spacial score (nSPS) is 21.0. The molecule has 1 aliphatic carbocycles. The minimum atomic E-state index is -3.94. The SMILES string of the molecule is NS(=O)(=O)c1cccc(S(=O)(=O)N2CCC(OCC3CC3)CC2)c1. The Bertz CT molecular complexity index is 795. The monoisotopic (exact) mass is 374 g/mol. The summed E-state index contributed by atoms with van der Waals surface area (Å²) < 4.78 is 55.4. The zero-order valence-electron chi connectivity index (χ0n) is 13.3. The van der Waals surface area contributed by atoms with Gasteiger partial charge in [0.25, 0.3) is 0 Å². The highest BCUT2D eigenvalue weighted by atomic mass is 32.2. The van der Waals surface area contributed by atoms with Gasteiger partial charge in [-0.1, -0.05) is 6.07 Å². The van der Waals surface area contributed by atoms with E-state index < -0.39 is 20.0 Å². The minimum absolute atomic E-state index is 0.0497. The molecule has 0 unspecified atom stereocenters.